The number of carbonyl (C=O) groups excluding carboxylic acids is 2. The number of nitrogens with zero attached hydrogens (tertiary/aromatic N) is 2. The van der Waals surface area contributed by atoms with Crippen molar-refractivity contribution in [1.82, 2.24) is 4.98 Å². The van der Waals surface area contributed by atoms with Gasteiger partial charge in [0.25, 0.3) is 0 Å². The number of nitrogens with one attached hydrogen (secondary N) is 1. The highest BCUT2D eigenvalue weighted by molar-refractivity contribution is 7.22. The van der Waals surface area contributed by atoms with Crippen LogP contribution < -0.4 is 10.2 Å². The van der Waals surface area contributed by atoms with E-state index in [0.717, 1.165) is 21.5 Å². The summed E-state index contributed by atoms with van der Waals surface area (Å²) >= 11 is 1.48. The number of aryl methyl sites for hydroxylation is 1. The van der Waals surface area contributed by atoms with Crippen molar-refractivity contribution in [2.24, 2.45) is 0 Å². The molecule has 0 aliphatic carbocycles. The lowest BCUT2D eigenvalue weighted by atomic mass is 9.77. The Morgan fingerprint density at radius 3 is 2.79 bits per heavy atom. The highest BCUT2D eigenvalue weighted by Crippen LogP contribution is 2.40. The molecule has 0 atom stereocenters. The second-order valence-corrected chi connectivity index (χ2v) is 9.25. The molecule has 3 aromatic rings. The molecule has 2 amide bonds. The third-order valence-corrected chi connectivity index (χ3v) is 6.41. The summed E-state index contributed by atoms with van der Waals surface area (Å²) in [5.74, 6) is 0.0514. The Bertz CT molecular complexity index is 1090. The molecule has 0 bridgehead atoms. The van der Waals surface area contributed by atoms with E-state index in [2.05, 4.69) is 30.2 Å². The normalized spacial score (nSPS) is 15.4. The lowest BCUT2D eigenvalue weighted by Crippen LogP contribution is -2.42. The molecule has 6 heteroatoms. The van der Waals surface area contributed by atoms with Crippen molar-refractivity contribution in [3.63, 3.8) is 0 Å². The van der Waals surface area contributed by atoms with Crippen LogP contribution in [0.25, 0.3) is 10.2 Å². The Hall–Kier alpha value is -2.73. The first-order chi connectivity index (χ1) is 13.8. The molecule has 1 aliphatic rings. The minimum absolute atomic E-state index is 0.0696. The number of amides is 2. The van der Waals surface area contributed by atoms with Gasteiger partial charge in [-0.15, -0.1) is 0 Å². The van der Waals surface area contributed by atoms with Gasteiger partial charge >= 0.3 is 0 Å². The van der Waals surface area contributed by atoms with Crippen LogP contribution in [0.2, 0.25) is 0 Å². The number of benzene rings is 2. The van der Waals surface area contributed by atoms with Crippen LogP contribution in [-0.2, 0) is 15.0 Å². The predicted octanol–water partition coefficient (Wildman–Crippen LogP) is 5.04. The van der Waals surface area contributed by atoms with Gasteiger partial charge in [-0.1, -0.05) is 55.5 Å². The van der Waals surface area contributed by atoms with Crippen LogP contribution >= 0.6 is 11.3 Å². The summed E-state index contributed by atoms with van der Waals surface area (Å²) in [6, 6.07) is 14.1. The number of hydrogen-bond donors (Lipinski definition) is 1. The Labute approximate surface area is 174 Å². The molecular weight excluding hydrogens is 382 g/mol. The predicted molar refractivity (Wildman–Crippen MR) is 119 cm³/mol. The molecule has 1 N–H and O–H groups in total. The average molecular weight is 408 g/mol. The third kappa shape index (κ3) is 3.90. The highest BCUT2D eigenvalue weighted by Gasteiger charge is 2.36. The largest absolute Gasteiger partial charge is 0.312 e. The van der Waals surface area contributed by atoms with E-state index < -0.39 is 0 Å². The molecule has 0 saturated heterocycles. The lowest BCUT2D eigenvalue weighted by Gasteiger charge is -2.38. The minimum atomic E-state index is -0.160. The molecule has 0 fully saturated rings. The molecule has 2 aromatic carbocycles. The molecule has 0 saturated carbocycles. The van der Waals surface area contributed by atoms with Gasteiger partial charge in [-0.2, -0.15) is 0 Å². The Morgan fingerprint density at radius 1 is 1.21 bits per heavy atom. The minimum Gasteiger partial charge on any atom is -0.312 e. The van der Waals surface area contributed by atoms with E-state index in [-0.39, 0.29) is 17.2 Å². The van der Waals surface area contributed by atoms with Crippen LogP contribution in [0, 0.1) is 6.92 Å². The molecule has 0 spiro atoms. The monoisotopic (exact) mass is 407 g/mol. The standard InChI is InChI=1S/C23H25N3O2S/c1-15-8-6-11-18-21(15)25-22(29-18)24-19(27)12-7-13-26-17-10-5-4-9-16(17)23(2,3)14-20(26)28/h4-6,8-11H,7,12-14H2,1-3H3,(H,24,25,27). The van der Waals surface area contributed by atoms with Crippen LogP contribution in [0.15, 0.2) is 42.5 Å². The summed E-state index contributed by atoms with van der Waals surface area (Å²) in [6.45, 7) is 6.77. The van der Waals surface area contributed by atoms with E-state index in [1.54, 1.807) is 0 Å². The smallest absolute Gasteiger partial charge is 0.227 e. The second kappa shape index (κ2) is 7.59. The molecule has 29 heavy (non-hydrogen) atoms. The van der Waals surface area contributed by atoms with Gasteiger partial charge in [0.15, 0.2) is 5.13 Å². The maximum atomic E-state index is 12.7. The number of hydrogen-bond acceptors (Lipinski definition) is 4. The van der Waals surface area contributed by atoms with Crippen LogP contribution in [0.3, 0.4) is 0 Å². The molecular formula is C23H25N3O2S. The Kier molecular flexibility index (Phi) is 5.13. The first-order valence-corrected chi connectivity index (χ1v) is 10.7. The number of rotatable bonds is 5. The molecule has 5 nitrogen and oxygen atoms in total. The number of aromatic nitrogens is 1. The van der Waals surface area contributed by atoms with Crippen molar-refractivity contribution in [3.05, 3.63) is 53.6 Å². The molecule has 150 valence electrons. The molecule has 4 rings (SSSR count). The summed E-state index contributed by atoms with van der Waals surface area (Å²) in [4.78, 5) is 31.4. The van der Waals surface area contributed by atoms with E-state index >= 15 is 0 Å². The molecule has 1 aromatic heterocycles. The van der Waals surface area contributed by atoms with Gasteiger partial charge in [-0.05, 0) is 36.6 Å². The van der Waals surface area contributed by atoms with Crippen LogP contribution in [0.5, 0.6) is 0 Å². The zero-order chi connectivity index (χ0) is 20.6. The lowest BCUT2D eigenvalue weighted by molar-refractivity contribution is -0.120. The van der Waals surface area contributed by atoms with Gasteiger partial charge < -0.3 is 10.2 Å². The van der Waals surface area contributed by atoms with E-state index in [1.165, 1.54) is 16.9 Å². The average Bonchev–Trinajstić information content (AvgIpc) is 3.08. The fraction of sp³-hybridized carbons (Fsp3) is 0.348. The number of carbonyl (C=O) groups is 2. The maximum absolute atomic E-state index is 12.7. The summed E-state index contributed by atoms with van der Waals surface area (Å²) in [5, 5.41) is 3.53. The number of thiazole rings is 1. The number of anilines is 2. The highest BCUT2D eigenvalue weighted by atomic mass is 32.1. The third-order valence-electron chi connectivity index (χ3n) is 5.47. The Balaban J connectivity index is 1.39. The zero-order valence-corrected chi connectivity index (χ0v) is 17.8. The molecule has 2 heterocycles. The molecule has 0 radical (unpaired) electrons. The first-order valence-electron chi connectivity index (χ1n) is 9.91. The van der Waals surface area contributed by atoms with Gasteiger partial charge in [-0.25, -0.2) is 4.98 Å². The van der Waals surface area contributed by atoms with Gasteiger partial charge in [0.2, 0.25) is 11.8 Å². The van der Waals surface area contributed by atoms with Crippen molar-refractivity contribution in [1.29, 1.82) is 0 Å². The summed E-state index contributed by atoms with van der Waals surface area (Å²) < 4.78 is 1.07. The molecule has 1 aliphatic heterocycles. The van der Waals surface area contributed by atoms with Crippen molar-refractivity contribution in [2.75, 3.05) is 16.8 Å². The van der Waals surface area contributed by atoms with Crippen LogP contribution in [0.1, 0.15) is 44.2 Å². The van der Waals surface area contributed by atoms with Gasteiger partial charge in [0.1, 0.15) is 0 Å². The zero-order valence-electron chi connectivity index (χ0n) is 17.0. The summed E-state index contributed by atoms with van der Waals surface area (Å²) in [6.07, 6.45) is 1.45. The topological polar surface area (TPSA) is 62.3 Å². The number of para-hydroxylation sites is 2. The van der Waals surface area contributed by atoms with Gasteiger partial charge in [-0.3, -0.25) is 9.59 Å². The SMILES string of the molecule is Cc1cccc2sc(NC(=O)CCCN3C(=O)CC(C)(C)c4ccccc43)nc12. The van der Waals surface area contributed by atoms with Crippen molar-refractivity contribution in [3.8, 4) is 0 Å². The fourth-order valence-corrected chi connectivity index (χ4v) is 4.91. The van der Waals surface area contributed by atoms with Crippen LogP contribution in [-0.4, -0.2) is 23.3 Å². The van der Waals surface area contributed by atoms with E-state index in [1.807, 2.05) is 48.2 Å². The molecule has 0 unspecified atom stereocenters. The first kappa shape index (κ1) is 19.6. The van der Waals surface area contributed by atoms with Crippen LogP contribution in [0.4, 0.5) is 10.8 Å². The van der Waals surface area contributed by atoms with E-state index in [0.29, 0.717) is 30.9 Å². The van der Waals surface area contributed by atoms with Crippen molar-refractivity contribution >= 4 is 44.2 Å². The van der Waals surface area contributed by atoms with Gasteiger partial charge in [0.05, 0.1) is 10.2 Å². The van der Waals surface area contributed by atoms with Crippen molar-refractivity contribution in [2.45, 2.75) is 45.4 Å². The Morgan fingerprint density at radius 2 is 2.00 bits per heavy atom. The number of fused-ring (bicyclic) bond motifs is 2. The quantitative estimate of drug-likeness (QED) is 0.645. The maximum Gasteiger partial charge on any atom is 0.227 e. The van der Waals surface area contributed by atoms with Crippen molar-refractivity contribution < 1.29 is 9.59 Å². The summed E-state index contributed by atoms with van der Waals surface area (Å²) in [5.41, 5.74) is 4.03. The fourth-order valence-electron chi connectivity index (χ4n) is 3.95. The second-order valence-electron chi connectivity index (χ2n) is 8.22. The van der Waals surface area contributed by atoms with E-state index in [4.69, 9.17) is 0 Å². The van der Waals surface area contributed by atoms with E-state index in [9.17, 15) is 9.59 Å². The van der Waals surface area contributed by atoms with Gasteiger partial charge in [0, 0.05) is 30.5 Å². The summed E-state index contributed by atoms with van der Waals surface area (Å²) in [7, 11) is 0.